The summed E-state index contributed by atoms with van der Waals surface area (Å²) < 4.78 is 26.7. The highest BCUT2D eigenvalue weighted by atomic mass is 19.1. The molecule has 0 saturated heterocycles. The molecule has 4 nitrogen and oxygen atoms in total. The normalized spacial score (nSPS) is 12.2. The Balaban J connectivity index is 2.77. The van der Waals surface area contributed by atoms with Crippen LogP contribution in [0, 0.1) is 21.7 Å². The van der Waals surface area contributed by atoms with Crippen molar-refractivity contribution in [3.05, 3.63) is 33.9 Å². The van der Waals surface area contributed by atoms with Crippen molar-refractivity contribution in [1.29, 1.82) is 0 Å². The summed E-state index contributed by atoms with van der Waals surface area (Å²) in [6.45, 7) is 3.95. The lowest BCUT2D eigenvalue weighted by atomic mass is 10.1. The summed E-state index contributed by atoms with van der Waals surface area (Å²) in [7, 11) is 0. The Bertz CT molecular complexity index is 453. The molecule has 0 aliphatic carbocycles. The Morgan fingerprint density at radius 3 is 2.58 bits per heavy atom. The van der Waals surface area contributed by atoms with Crippen LogP contribution >= 0.6 is 0 Å². The fraction of sp³-hybridized carbons (Fsp3) is 0.538. The molecule has 0 saturated carbocycles. The van der Waals surface area contributed by atoms with Gasteiger partial charge in [-0.25, -0.2) is 4.39 Å². The van der Waals surface area contributed by atoms with E-state index in [0.29, 0.717) is 6.07 Å². The van der Waals surface area contributed by atoms with Gasteiger partial charge in [-0.1, -0.05) is 26.2 Å². The Morgan fingerprint density at radius 2 is 2.00 bits per heavy atom. The second-order valence-corrected chi connectivity index (χ2v) is 4.58. The molecule has 0 aromatic heterocycles. The standard InChI is InChI=1S/C13H18F2N2O2/c1-3-4-5-6-9(2)16-12-8-13(17(18)19)11(15)7-10(12)14/h7-9,16H,3-6H2,1-2H3. The number of anilines is 1. The summed E-state index contributed by atoms with van der Waals surface area (Å²) in [6.07, 6.45) is 4.00. The number of nitrogens with zero attached hydrogens (tertiary/aromatic N) is 1. The van der Waals surface area contributed by atoms with Crippen LogP contribution in [-0.4, -0.2) is 11.0 Å². The summed E-state index contributed by atoms with van der Waals surface area (Å²) in [5.41, 5.74) is -0.748. The summed E-state index contributed by atoms with van der Waals surface area (Å²) >= 11 is 0. The summed E-state index contributed by atoms with van der Waals surface area (Å²) in [5, 5.41) is 13.4. The van der Waals surface area contributed by atoms with Crippen LogP contribution in [0.4, 0.5) is 20.2 Å². The Morgan fingerprint density at radius 1 is 1.32 bits per heavy atom. The zero-order chi connectivity index (χ0) is 14.4. The van der Waals surface area contributed by atoms with Crippen LogP contribution in [0.15, 0.2) is 12.1 Å². The van der Waals surface area contributed by atoms with Gasteiger partial charge < -0.3 is 5.32 Å². The quantitative estimate of drug-likeness (QED) is 0.458. The maximum Gasteiger partial charge on any atom is 0.307 e. The number of rotatable bonds is 7. The van der Waals surface area contributed by atoms with Gasteiger partial charge in [0.05, 0.1) is 10.6 Å². The Hall–Kier alpha value is -1.72. The van der Waals surface area contributed by atoms with Gasteiger partial charge in [-0.05, 0) is 13.3 Å². The fourth-order valence-corrected chi connectivity index (χ4v) is 1.83. The molecule has 1 rings (SSSR count). The topological polar surface area (TPSA) is 55.2 Å². The molecule has 0 heterocycles. The Labute approximate surface area is 111 Å². The number of benzene rings is 1. The van der Waals surface area contributed by atoms with E-state index >= 15 is 0 Å². The number of hydrogen-bond donors (Lipinski definition) is 1. The van der Waals surface area contributed by atoms with Crippen LogP contribution in [0.25, 0.3) is 0 Å². The minimum Gasteiger partial charge on any atom is -0.380 e. The van der Waals surface area contributed by atoms with Gasteiger partial charge in [0.1, 0.15) is 5.82 Å². The predicted molar refractivity (Wildman–Crippen MR) is 70.2 cm³/mol. The highest BCUT2D eigenvalue weighted by Crippen LogP contribution is 2.26. The third-order valence-electron chi connectivity index (χ3n) is 2.88. The maximum atomic E-state index is 13.5. The minimum absolute atomic E-state index is 0.0221. The minimum atomic E-state index is -1.16. The van der Waals surface area contributed by atoms with E-state index in [-0.39, 0.29) is 11.7 Å². The molecule has 1 unspecified atom stereocenters. The van der Waals surface area contributed by atoms with E-state index in [2.05, 4.69) is 12.2 Å². The first-order valence-electron chi connectivity index (χ1n) is 6.35. The molecular weight excluding hydrogens is 254 g/mol. The third kappa shape index (κ3) is 4.46. The van der Waals surface area contributed by atoms with Crippen molar-refractivity contribution in [2.24, 2.45) is 0 Å². The highest BCUT2D eigenvalue weighted by Gasteiger charge is 2.19. The number of nitrogens with one attached hydrogen (secondary N) is 1. The number of unbranched alkanes of at least 4 members (excludes halogenated alkanes) is 2. The molecular formula is C13H18F2N2O2. The molecule has 19 heavy (non-hydrogen) atoms. The van der Waals surface area contributed by atoms with Crippen molar-refractivity contribution >= 4 is 11.4 Å². The monoisotopic (exact) mass is 272 g/mol. The number of halogens is 2. The van der Waals surface area contributed by atoms with E-state index in [4.69, 9.17) is 0 Å². The van der Waals surface area contributed by atoms with E-state index in [9.17, 15) is 18.9 Å². The molecule has 106 valence electrons. The maximum absolute atomic E-state index is 13.5. The van der Waals surface area contributed by atoms with Gasteiger partial charge in [0.15, 0.2) is 0 Å². The van der Waals surface area contributed by atoms with Crippen molar-refractivity contribution in [2.45, 2.75) is 45.6 Å². The number of nitro benzene ring substituents is 1. The average Bonchev–Trinajstić information content (AvgIpc) is 2.32. The van der Waals surface area contributed by atoms with Crippen molar-refractivity contribution in [3.8, 4) is 0 Å². The van der Waals surface area contributed by atoms with Gasteiger partial charge in [-0.3, -0.25) is 10.1 Å². The molecule has 0 aliphatic heterocycles. The largest absolute Gasteiger partial charge is 0.380 e. The van der Waals surface area contributed by atoms with Crippen LogP contribution in [0.5, 0.6) is 0 Å². The van der Waals surface area contributed by atoms with Crippen molar-refractivity contribution in [3.63, 3.8) is 0 Å². The lowest BCUT2D eigenvalue weighted by Gasteiger charge is -2.15. The first-order chi connectivity index (χ1) is 8.95. The molecule has 1 N–H and O–H groups in total. The molecule has 0 fully saturated rings. The first kappa shape index (κ1) is 15.3. The summed E-state index contributed by atoms with van der Waals surface area (Å²) in [6, 6.07) is 1.42. The van der Waals surface area contributed by atoms with Crippen LogP contribution < -0.4 is 5.32 Å². The third-order valence-corrected chi connectivity index (χ3v) is 2.88. The smallest absolute Gasteiger partial charge is 0.307 e. The number of hydrogen-bond acceptors (Lipinski definition) is 3. The fourth-order valence-electron chi connectivity index (χ4n) is 1.83. The lowest BCUT2D eigenvalue weighted by Crippen LogP contribution is -2.16. The average molecular weight is 272 g/mol. The molecule has 1 aromatic carbocycles. The van der Waals surface area contributed by atoms with E-state index in [1.165, 1.54) is 0 Å². The number of nitro groups is 1. The van der Waals surface area contributed by atoms with Crippen molar-refractivity contribution in [2.75, 3.05) is 5.32 Å². The van der Waals surface area contributed by atoms with E-state index in [1.807, 2.05) is 6.92 Å². The SMILES string of the molecule is CCCCCC(C)Nc1cc([N+](=O)[O-])c(F)cc1F. The van der Waals surface area contributed by atoms with Gasteiger partial charge in [0, 0.05) is 18.2 Å². The van der Waals surface area contributed by atoms with Crippen molar-refractivity contribution < 1.29 is 13.7 Å². The predicted octanol–water partition coefficient (Wildman–Crippen LogP) is 4.25. The highest BCUT2D eigenvalue weighted by molar-refractivity contribution is 5.53. The molecule has 0 aliphatic rings. The Kier molecular flexibility index (Phi) is 5.66. The molecule has 0 radical (unpaired) electrons. The zero-order valence-electron chi connectivity index (χ0n) is 11.1. The van der Waals surface area contributed by atoms with Gasteiger partial charge in [-0.15, -0.1) is 0 Å². The van der Waals surface area contributed by atoms with Gasteiger partial charge in [0.2, 0.25) is 5.82 Å². The molecule has 1 aromatic rings. The zero-order valence-corrected chi connectivity index (χ0v) is 11.1. The molecule has 1 atom stereocenters. The second kappa shape index (κ2) is 7.01. The van der Waals surface area contributed by atoms with Crippen LogP contribution in [0.2, 0.25) is 0 Å². The molecule has 0 spiro atoms. The van der Waals surface area contributed by atoms with E-state index in [0.717, 1.165) is 31.7 Å². The summed E-state index contributed by atoms with van der Waals surface area (Å²) in [4.78, 5) is 9.74. The van der Waals surface area contributed by atoms with Crippen LogP contribution in [0.1, 0.15) is 39.5 Å². The molecule has 6 heteroatoms. The van der Waals surface area contributed by atoms with Crippen molar-refractivity contribution in [1.82, 2.24) is 0 Å². The molecule has 0 amide bonds. The van der Waals surface area contributed by atoms with Gasteiger partial charge >= 0.3 is 5.69 Å². The lowest BCUT2D eigenvalue weighted by molar-refractivity contribution is -0.387. The second-order valence-electron chi connectivity index (χ2n) is 4.58. The summed E-state index contributed by atoms with van der Waals surface area (Å²) in [5.74, 6) is -1.97. The van der Waals surface area contributed by atoms with Crippen LogP contribution in [-0.2, 0) is 0 Å². The van der Waals surface area contributed by atoms with Crippen LogP contribution in [0.3, 0.4) is 0 Å². The van der Waals surface area contributed by atoms with Gasteiger partial charge in [-0.2, -0.15) is 4.39 Å². The van der Waals surface area contributed by atoms with Gasteiger partial charge in [0.25, 0.3) is 0 Å². The van der Waals surface area contributed by atoms with E-state index < -0.39 is 22.2 Å². The van der Waals surface area contributed by atoms with E-state index in [1.54, 1.807) is 0 Å². The first-order valence-corrected chi connectivity index (χ1v) is 6.35. The molecule has 0 bridgehead atoms.